The van der Waals surface area contributed by atoms with Crippen LogP contribution in [0.2, 0.25) is 0 Å². The number of carbonyl (C=O) groups excluding carboxylic acids is 11. The molecular weight excluding hydrogens is 1230 g/mol. The van der Waals surface area contributed by atoms with Gasteiger partial charge in [0.1, 0.15) is 42.6 Å². The topological polar surface area (TPSA) is 402 Å². The molecule has 1 aliphatic carbocycles. The molecule has 5 aromatic rings. The van der Waals surface area contributed by atoms with E-state index in [0.717, 1.165) is 33.6 Å². The summed E-state index contributed by atoms with van der Waals surface area (Å²) in [5, 5.41) is 27.3. The van der Waals surface area contributed by atoms with E-state index in [0.29, 0.717) is 51.6 Å². The van der Waals surface area contributed by atoms with Crippen LogP contribution in [-0.2, 0) is 40.1 Å². The second-order valence-corrected chi connectivity index (χ2v) is 22.8. The van der Waals surface area contributed by atoms with Gasteiger partial charge in [0.05, 0.1) is 29.7 Å². The van der Waals surface area contributed by atoms with Crippen LogP contribution in [0.3, 0.4) is 0 Å². The summed E-state index contributed by atoms with van der Waals surface area (Å²) < 4.78 is 17.0. The lowest BCUT2D eigenvalue weighted by molar-refractivity contribution is -0.137. The lowest BCUT2D eigenvalue weighted by atomic mass is 9.92. The zero-order chi connectivity index (χ0) is 67.0. The lowest BCUT2D eigenvalue weighted by Gasteiger charge is -2.26. The van der Waals surface area contributed by atoms with Crippen LogP contribution < -0.4 is 53.0 Å². The van der Waals surface area contributed by atoms with Gasteiger partial charge in [-0.25, -0.2) is 29.0 Å². The monoisotopic (exact) mass is 1300 g/mol. The molecule has 8 rings (SSSR count). The van der Waals surface area contributed by atoms with Crippen molar-refractivity contribution in [1.29, 1.82) is 0 Å². The molecule has 2 aliphatic heterocycles. The zero-order valence-electron chi connectivity index (χ0n) is 51.5. The summed E-state index contributed by atoms with van der Waals surface area (Å²) in [6, 6.07) is 12.8. The number of nitrogens with zero attached hydrogens (tertiary/aromatic N) is 5. The van der Waals surface area contributed by atoms with E-state index in [1.165, 1.54) is 29.1 Å². The molecule has 0 unspecified atom stereocenters. The van der Waals surface area contributed by atoms with Gasteiger partial charge in [0.15, 0.2) is 0 Å². The van der Waals surface area contributed by atoms with Gasteiger partial charge in [0.25, 0.3) is 23.6 Å². The number of rotatable bonds is 27. The fourth-order valence-corrected chi connectivity index (χ4v) is 10.8. The number of halogens is 1. The van der Waals surface area contributed by atoms with Crippen LogP contribution in [0.4, 0.5) is 41.2 Å². The largest absolute Gasteiger partial charge is 0.512 e. The number of aliphatic hydroxyl groups excluding tert-OH is 1. The molecule has 0 radical (unpaired) electrons. The molecule has 2 aromatic heterocycles. The fraction of sp³-hybridized carbons (Fsp3) is 0.365. The molecule has 3 atom stereocenters. The molecule has 93 heavy (non-hydrogen) atoms. The zero-order valence-corrected chi connectivity index (χ0v) is 52.3. The number of hydrogen-bond donors (Lipinski definition) is 10. The summed E-state index contributed by atoms with van der Waals surface area (Å²) in [5.74, 6) is -3.32. The van der Waals surface area contributed by atoms with Crippen LogP contribution in [0, 0.1) is 12.8 Å². The van der Waals surface area contributed by atoms with E-state index in [9.17, 15) is 57.8 Å². The molecule has 4 heterocycles. The summed E-state index contributed by atoms with van der Waals surface area (Å²) in [4.78, 5) is 155. The number of allylic oxidation sites excluding steroid dienone is 3. The van der Waals surface area contributed by atoms with E-state index < -0.39 is 77.9 Å². The standard InChI is InChI=1S/C63H73ClN14O15/c1-35(2)54(74-61(88)91-27-26-77-50(80)19-20-51(77)81)57(84)72-44(10-6-21-67-59(65)86)56(83)70-41-15-11-37(12-16-41)34-92-62(89)75(4)24-25-76(23-7-22-68-60(66)87)63(90)93-48-30-47-53(52-36(3)8-5-9-43(48)52)40(31-64)33-78(47)58(85)45-28-39-29-49(69-32-46(39)71-45)73-55(82)38-13-17-42(79)18-14-38/h5,8-9,11-13,15-17,19-20,28-30,32,35,40,44,54,71,79H,6-7,10,14,18,21-27,31,33-34H2,1-4H3,(H,70,83)(H,72,84)(H,74,88)(H3,65,67,86)(H3,66,68,87)(H,69,73,82)/t40-,44+,54+/m1/s1. The smallest absolute Gasteiger partial charge is 0.415 e. The van der Waals surface area contributed by atoms with E-state index in [1.54, 1.807) is 73.4 Å². The lowest BCUT2D eigenvalue weighted by Crippen LogP contribution is -2.54. The van der Waals surface area contributed by atoms with Crippen LogP contribution >= 0.6 is 11.6 Å². The second-order valence-electron chi connectivity index (χ2n) is 22.5. The Morgan fingerprint density at radius 3 is 2.24 bits per heavy atom. The Bertz CT molecular complexity index is 3790. The van der Waals surface area contributed by atoms with Gasteiger partial charge in [0, 0.05) is 105 Å². The molecule has 3 aromatic carbocycles. The number of aryl methyl sites for hydroxylation is 1. The Kier molecular flexibility index (Phi) is 23.0. The summed E-state index contributed by atoms with van der Waals surface area (Å²) in [6.07, 6.45) is 5.37. The SMILES string of the molecule is Cc1cccc2c(OC(=O)N(CCCNC(N)=O)CCN(C)C(=O)OCc3ccc(NC(=O)[C@H](CCCNC(N)=O)NC(=O)[C@@H](NC(=O)OCCN4C(=O)C=CC4=O)C(C)C)cc3)cc3c(c12)[C@H](CCl)CN3C(=O)c1cc2cc(NC(=O)C3=CC=C(O)CC3)ncc2[nH]1. The van der Waals surface area contributed by atoms with Crippen molar-refractivity contribution in [2.45, 2.75) is 77.5 Å². The number of benzene rings is 3. The highest BCUT2D eigenvalue weighted by molar-refractivity contribution is 6.20. The average molecular weight is 1300 g/mol. The first kappa shape index (κ1) is 68.2. The number of aliphatic hydroxyl groups is 1. The van der Waals surface area contributed by atoms with Gasteiger partial charge in [-0.2, -0.15) is 0 Å². The van der Waals surface area contributed by atoms with Crippen LogP contribution in [0.25, 0.3) is 21.7 Å². The van der Waals surface area contributed by atoms with Crippen LogP contribution in [0.1, 0.15) is 79.0 Å². The van der Waals surface area contributed by atoms with E-state index in [2.05, 4.69) is 41.9 Å². The number of nitrogens with one attached hydrogen (secondary N) is 7. The molecule has 13 amide bonds. The number of hydrogen-bond acceptors (Lipinski definition) is 16. The first-order valence-electron chi connectivity index (χ1n) is 29.9. The minimum Gasteiger partial charge on any atom is -0.512 e. The number of likely N-dealkylation sites (N-methyl/N-ethyl adjacent to an activating group) is 1. The van der Waals surface area contributed by atoms with Crippen molar-refractivity contribution < 1.29 is 72.1 Å². The van der Waals surface area contributed by atoms with E-state index in [-0.39, 0.29) is 119 Å². The molecule has 492 valence electrons. The molecule has 0 saturated carbocycles. The number of ether oxygens (including phenoxy) is 3. The van der Waals surface area contributed by atoms with Gasteiger partial charge in [0.2, 0.25) is 11.8 Å². The number of pyridine rings is 1. The molecule has 0 bridgehead atoms. The molecular formula is C63H73ClN14O15. The molecule has 30 heteroatoms. The summed E-state index contributed by atoms with van der Waals surface area (Å²) >= 11 is 6.65. The van der Waals surface area contributed by atoms with Crippen molar-refractivity contribution in [1.82, 2.24) is 45.9 Å². The van der Waals surface area contributed by atoms with E-state index in [1.807, 2.05) is 19.1 Å². The van der Waals surface area contributed by atoms with Gasteiger partial charge >= 0.3 is 30.3 Å². The van der Waals surface area contributed by atoms with Gasteiger partial charge in [-0.05, 0) is 90.9 Å². The quantitative estimate of drug-likeness (QED) is 0.0169. The fourth-order valence-electron chi connectivity index (χ4n) is 10.6. The number of fused-ring (bicyclic) bond motifs is 4. The predicted octanol–water partition coefficient (Wildman–Crippen LogP) is 5.78. The Balaban J connectivity index is 0.894. The number of anilines is 3. The van der Waals surface area contributed by atoms with Gasteiger partial charge < -0.3 is 82.4 Å². The summed E-state index contributed by atoms with van der Waals surface area (Å²) in [6.45, 7) is 4.79. The highest BCUT2D eigenvalue weighted by Gasteiger charge is 2.37. The third kappa shape index (κ3) is 17.8. The van der Waals surface area contributed by atoms with Gasteiger partial charge in [-0.3, -0.25) is 33.7 Å². The van der Waals surface area contributed by atoms with Gasteiger partial charge in [-0.15, -0.1) is 11.6 Å². The molecule has 0 spiro atoms. The summed E-state index contributed by atoms with van der Waals surface area (Å²) in [5.41, 5.74) is 14.7. The molecule has 12 N–H and O–H groups in total. The first-order chi connectivity index (χ1) is 44.5. The van der Waals surface area contributed by atoms with Crippen LogP contribution in [0.5, 0.6) is 5.75 Å². The number of nitrogens with two attached hydrogens (primary N) is 2. The Morgan fingerprint density at radius 1 is 0.839 bits per heavy atom. The maximum Gasteiger partial charge on any atom is 0.415 e. The Labute approximate surface area is 538 Å². The molecule has 3 aliphatic rings. The number of imide groups is 1. The predicted molar refractivity (Wildman–Crippen MR) is 342 cm³/mol. The van der Waals surface area contributed by atoms with Crippen molar-refractivity contribution in [2.75, 3.05) is 80.9 Å². The minimum absolute atomic E-state index is 0.0309. The number of H-pyrrole nitrogens is 1. The van der Waals surface area contributed by atoms with Crippen LogP contribution in [0.15, 0.2) is 102 Å². The molecule has 0 fully saturated rings. The Morgan fingerprint density at radius 2 is 1.56 bits per heavy atom. The minimum atomic E-state index is -1.19. The van der Waals surface area contributed by atoms with E-state index >= 15 is 0 Å². The Hall–Kier alpha value is -10.7. The van der Waals surface area contributed by atoms with Crippen molar-refractivity contribution in [3.05, 3.63) is 125 Å². The second kappa shape index (κ2) is 31.3. The number of primary amides is 2. The maximum atomic E-state index is 14.6. The van der Waals surface area contributed by atoms with Crippen molar-refractivity contribution in [3.8, 4) is 5.75 Å². The maximum absolute atomic E-state index is 14.6. The third-order valence-corrected chi connectivity index (χ3v) is 15.9. The number of aromatic amines is 1. The van der Waals surface area contributed by atoms with Crippen molar-refractivity contribution in [2.24, 2.45) is 17.4 Å². The van der Waals surface area contributed by atoms with Crippen molar-refractivity contribution >= 4 is 116 Å². The van der Waals surface area contributed by atoms with E-state index in [4.69, 9.17) is 37.3 Å². The highest BCUT2D eigenvalue weighted by atomic mass is 35.5. The number of alkyl halides is 1. The highest BCUT2D eigenvalue weighted by Crippen LogP contribution is 2.47. The average Bonchev–Trinajstić information content (AvgIpc) is 1.63. The number of amides is 13. The number of carbonyl (C=O) groups is 11. The van der Waals surface area contributed by atoms with Crippen molar-refractivity contribution in [3.63, 3.8) is 0 Å². The molecule has 0 saturated heterocycles. The third-order valence-electron chi connectivity index (χ3n) is 15.5. The molecule has 29 nitrogen and oxygen atoms in total. The van der Waals surface area contributed by atoms with Gasteiger partial charge in [-0.1, -0.05) is 50.3 Å². The number of alkyl carbamates (subject to hydrolysis) is 1. The number of aromatic nitrogens is 2. The first-order valence-corrected chi connectivity index (χ1v) is 30.4. The normalized spacial score (nSPS) is 14.8. The number of urea groups is 2. The van der Waals surface area contributed by atoms with Crippen LogP contribution in [-0.4, -0.2) is 173 Å². The summed E-state index contributed by atoms with van der Waals surface area (Å²) in [7, 11) is 1.48.